The third-order valence-electron chi connectivity index (χ3n) is 6.09. The number of aliphatic hydroxyl groups excluding tert-OH is 1. The van der Waals surface area contributed by atoms with Gasteiger partial charge in [-0.25, -0.2) is 19.7 Å². The number of nitrogens with zero attached hydrogens (tertiary/aromatic N) is 4. The van der Waals surface area contributed by atoms with Crippen LogP contribution in [0.5, 0.6) is 5.75 Å². The highest BCUT2D eigenvalue weighted by atomic mass is 19.3. The van der Waals surface area contributed by atoms with E-state index >= 15 is 0 Å². The third-order valence-corrected chi connectivity index (χ3v) is 6.09. The van der Waals surface area contributed by atoms with Crippen molar-refractivity contribution in [1.82, 2.24) is 14.9 Å². The zero-order valence-electron chi connectivity index (χ0n) is 19.6. The van der Waals surface area contributed by atoms with Crippen molar-refractivity contribution in [2.75, 3.05) is 44.4 Å². The second-order valence-corrected chi connectivity index (χ2v) is 8.55. The van der Waals surface area contributed by atoms with Crippen LogP contribution in [0.4, 0.5) is 15.1 Å². The second-order valence-electron chi connectivity index (χ2n) is 8.55. The largest absolute Gasteiger partial charge is 0.507 e. The SMILES string of the molecule is C1CCOC1.Cc1ccc2c(N3CCN(C(=O)OF)CC3CO)nc(-c3ccccc3O)nc2c1. The summed E-state index contributed by atoms with van der Waals surface area (Å²) in [6.07, 6.45) is 1.48. The van der Waals surface area contributed by atoms with Gasteiger partial charge < -0.3 is 24.7 Å². The number of fused-ring (bicyclic) bond motifs is 1. The zero-order chi connectivity index (χ0) is 24.8. The highest BCUT2D eigenvalue weighted by Crippen LogP contribution is 2.33. The Morgan fingerprint density at radius 3 is 2.60 bits per heavy atom. The standard InChI is InChI=1S/C21H21FN4O4.C4H8O/c1-13-6-7-15-17(10-13)23-19(16-4-2-3-5-18(16)28)24-20(15)26-9-8-25(21(29)30-22)11-14(26)12-27;1-2-4-5-3-1/h2-7,10,14,27-28H,8-9,11-12H2,1H3;1-4H2. The van der Waals surface area contributed by atoms with Gasteiger partial charge in [-0.15, -0.1) is 0 Å². The molecule has 2 fully saturated rings. The molecular weight excluding hydrogens is 455 g/mol. The van der Waals surface area contributed by atoms with Crippen LogP contribution in [0.25, 0.3) is 22.3 Å². The van der Waals surface area contributed by atoms with E-state index in [9.17, 15) is 19.5 Å². The number of piperazine rings is 1. The van der Waals surface area contributed by atoms with Crippen LogP contribution in [-0.4, -0.2) is 76.7 Å². The Morgan fingerprint density at radius 2 is 1.94 bits per heavy atom. The number of halogens is 1. The maximum atomic E-state index is 12.3. The molecule has 1 aromatic heterocycles. The Balaban J connectivity index is 0.000000514. The summed E-state index contributed by atoms with van der Waals surface area (Å²) in [7, 11) is 0. The van der Waals surface area contributed by atoms with Gasteiger partial charge in [0.1, 0.15) is 11.6 Å². The van der Waals surface area contributed by atoms with Crippen molar-refractivity contribution in [1.29, 1.82) is 0 Å². The Bertz CT molecular complexity index is 1170. The average molecular weight is 485 g/mol. The number of aromatic nitrogens is 2. The number of rotatable bonds is 3. The smallest absolute Gasteiger partial charge is 0.447 e. The summed E-state index contributed by atoms with van der Waals surface area (Å²) < 4.78 is 17.3. The van der Waals surface area contributed by atoms with E-state index in [-0.39, 0.29) is 25.4 Å². The van der Waals surface area contributed by atoms with E-state index in [0.29, 0.717) is 29.3 Å². The Morgan fingerprint density at radius 1 is 1.17 bits per heavy atom. The number of amides is 1. The average Bonchev–Trinajstić information content (AvgIpc) is 3.48. The van der Waals surface area contributed by atoms with E-state index in [1.54, 1.807) is 24.3 Å². The molecule has 2 aliphatic heterocycles. The van der Waals surface area contributed by atoms with Crippen LogP contribution in [0.2, 0.25) is 0 Å². The number of carbonyl (C=O) groups excluding carboxylic acids is 1. The van der Waals surface area contributed by atoms with Gasteiger partial charge in [0.25, 0.3) is 0 Å². The maximum Gasteiger partial charge on any atom is 0.447 e. The zero-order valence-corrected chi connectivity index (χ0v) is 19.6. The lowest BCUT2D eigenvalue weighted by Gasteiger charge is -2.40. The highest BCUT2D eigenvalue weighted by molar-refractivity contribution is 5.92. The van der Waals surface area contributed by atoms with Crippen molar-refractivity contribution < 1.29 is 29.2 Å². The van der Waals surface area contributed by atoms with Crippen molar-refractivity contribution in [2.45, 2.75) is 25.8 Å². The van der Waals surface area contributed by atoms with Gasteiger partial charge in [0, 0.05) is 42.8 Å². The Kier molecular flexibility index (Phi) is 7.94. The lowest BCUT2D eigenvalue weighted by molar-refractivity contribution is -0.0815. The fourth-order valence-electron chi connectivity index (χ4n) is 4.24. The number of para-hydroxylation sites is 1. The molecule has 2 aliphatic rings. The van der Waals surface area contributed by atoms with Crippen molar-refractivity contribution >= 4 is 22.8 Å². The summed E-state index contributed by atoms with van der Waals surface area (Å²) in [5.74, 6) is 0.985. The topological polar surface area (TPSA) is 108 Å². The molecule has 10 heteroatoms. The molecule has 35 heavy (non-hydrogen) atoms. The van der Waals surface area contributed by atoms with Crippen LogP contribution in [0.3, 0.4) is 0 Å². The van der Waals surface area contributed by atoms with E-state index in [2.05, 4.69) is 9.93 Å². The molecule has 1 unspecified atom stereocenters. The summed E-state index contributed by atoms with van der Waals surface area (Å²) in [4.78, 5) is 27.3. The van der Waals surface area contributed by atoms with Crippen molar-refractivity contribution in [3.05, 3.63) is 48.0 Å². The number of anilines is 1. The highest BCUT2D eigenvalue weighted by Gasteiger charge is 2.32. The minimum atomic E-state index is -1.08. The van der Waals surface area contributed by atoms with Crippen LogP contribution in [0.1, 0.15) is 18.4 Å². The summed E-state index contributed by atoms with van der Waals surface area (Å²) in [6.45, 7) is 4.31. The molecule has 5 rings (SSSR count). The van der Waals surface area contributed by atoms with E-state index in [4.69, 9.17) is 9.72 Å². The van der Waals surface area contributed by atoms with Crippen LogP contribution in [-0.2, 0) is 9.68 Å². The molecule has 2 aromatic carbocycles. The quantitative estimate of drug-likeness (QED) is 0.581. The Hall–Kier alpha value is -3.50. The lowest BCUT2D eigenvalue weighted by Crippen LogP contribution is -2.56. The molecule has 2 N–H and O–H groups in total. The first-order valence-corrected chi connectivity index (χ1v) is 11.6. The first-order chi connectivity index (χ1) is 17.0. The third kappa shape index (κ3) is 5.60. The van der Waals surface area contributed by atoms with E-state index in [0.717, 1.165) is 24.2 Å². The van der Waals surface area contributed by atoms with E-state index in [1.165, 1.54) is 17.7 Å². The van der Waals surface area contributed by atoms with Gasteiger partial charge in [0.05, 0.1) is 23.7 Å². The number of aromatic hydroxyl groups is 1. The number of carbonyl (C=O) groups is 1. The van der Waals surface area contributed by atoms with Gasteiger partial charge in [-0.1, -0.05) is 18.2 Å². The molecule has 0 aliphatic carbocycles. The maximum absolute atomic E-state index is 12.3. The predicted molar refractivity (Wildman–Crippen MR) is 129 cm³/mol. The molecule has 3 aromatic rings. The number of aliphatic hydroxyl groups is 1. The number of hydrogen-bond acceptors (Lipinski definition) is 8. The summed E-state index contributed by atoms with van der Waals surface area (Å²) >= 11 is 0. The summed E-state index contributed by atoms with van der Waals surface area (Å²) in [5.41, 5.74) is 2.20. The van der Waals surface area contributed by atoms with Gasteiger partial charge in [0.2, 0.25) is 0 Å². The Labute approximate surface area is 202 Å². The fourth-order valence-corrected chi connectivity index (χ4v) is 4.24. The minimum Gasteiger partial charge on any atom is -0.507 e. The van der Waals surface area contributed by atoms with Gasteiger partial charge in [-0.3, -0.25) is 0 Å². The molecule has 186 valence electrons. The van der Waals surface area contributed by atoms with Crippen molar-refractivity contribution in [3.8, 4) is 17.1 Å². The van der Waals surface area contributed by atoms with Gasteiger partial charge in [-0.05, 0) is 49.6 Å². The molecule has 1 amide bonds. The normalized spacial score (nSPS) is 17.7. The molecular formula is C25H29FN4O5. The van der Waals surface area contributed by atoms with Crippen LogP contribution < -0.4 is 4.90 Å². The first kappa shape index (κ1) is 24.6. The lowest BCUT2D eigenvalue weighted by atomic mass is 10.1. The van der Waals surface area contributed by atoms with Crippen LogP contribution >= 0.6 is 0 Å². The molecule has 0 spiro atoms. The molecule has 1 atom stereocenters. The number of benzene rings is 2. The molecule has 0 saturated carbocycles. The monoisotopic (exact) mass is 484 g/mol. The molecule has 2 saturated heterocycles. The van der Waals surface area contributed by atoms with E-state index < -0.39 is 12.1 Å². The first-order valence-electron chi connectivity index (χ1n) is 11.6. The van der Waals surface area contributed by atoms with Gasteiger partial charge >= 0.3 is 6.09 Å². The number of ether oxygens (including phenoxy) is 1. The fraction of sp³-hybridized carbons (Fsp3) is 0.400. The molecule has 9 nitrogen and oxygen atoms in total. The van der Waals surface area contributed by atoms with Gasteiger partial charge in [0.15, 0.2) is 5.82 Å². The summed E-state index contributed by atoms with van der Waals surface area (Å²) in [5, 5.41) is 21.0. The van der Waals surface area contributed by atoms with Gasteiger partial charge in [-0.2, -0.15) is 0 Å². The predicted octanol–water partition coefficient (Wildman–Crippen LogP) is 3.61. The molecule has 0 radical (unpaired) electrons. The summed E-state index contributed by atoms with van der Waals surface area (Å²) in [6, 6.07) is 12.1. The number of phenols is 1. The van der Waals surface area contributed by atoms with Crippen LogP contribution in [0.15, 0.2) is 42.5 Å². The molecule has 0 bridgehead atoms. The van der Waals surface area contributed by atoms with E-state index in [1.807, 2.05) is 30.0 Å². The minimum absolute atomic E-state index is 0.0599. The number of aryl methyl sites for hydroxylation is 1. The van der Waals surface area contributed by atoms with Crippen LogP contribution in [0, 0.1) is 6.92 Å². The molecule has 3 heterocycles. The number of phenolic OH excluding ortho intramolecular Hbond substituents is 1. The van der Waals surface area contributed by atoms with Crippen molar-refractivity contribution in [2.24, 2.45) is 0 Å². The van der Waals surface area contributed by atoms with Crippen molar-refractivity contribution in [3.63, 3.8) is 0 Å². The number of hydrogen-bond donors (Lipinski definition) is 2. The second kappa shape index (κ2) is 11.3.